The van der Waals surface area contributed by atoms with Crippen LogP contribution in [0.1, 0.15) is 45.4 Å². The first-order chi connectivity index (χ1) is 12.6. The van der Waals surface area contributed by atoms with Gasteiger partial charge in [0.15, 0.2) is 5.58 Å². The molecule has 0 N–H and O–H groups in total. The quantitative estimate of drug-likeness (QED) is 0.832. The van der Waals surface area contributed by atoms with E-state index in [2.05, 4.69) is 21.7 Å². The molecule has 4 rings (SSSR count). The number of fused-ring (bicyclic) bond motifs is 1. The van der Waals surface area contributed by atoms with Gasteiger partial charge in [-0.1, -0.05) is 31.9 Å². The average Bonchev–Trinajstić information content (AvgIpc) is 3.11. The third kappa shape index (κ3) is 3.31. The number of anilines is 1. The Balaban J connectivity index is 1.37. The summed E-state index contributed by atoms with van der Waals surface area (Å²) in [6.45, 7) is 3.96. The molecule has 0 spiro atoms. The van der Waals surface area contributed by atoms with Crippen molar-refractivity contribution in [3.8, 4) is 0 Å². The molecule has 140 valence electrons. The Morgan fingerprint density at radius 3 is 2.62 bits per heavy atom. The SMILES string of the molecule is C[C@H]1CCCC[C@H]1N(C)C(=O)C1CCN(c2nc3ccccc3o2)CC1. The van der Waals surface area contributed by atoms with E-state index in [0.717, 1.165) is 43.5 Å². The average molecular weight is 355 g/mol. The van der Waals surface area contributed by atoms with Crippen molar-refractivity contribution >= 4 is 23.0 Å². The molecular formula is C21H29N3O2. The van der Waals surface area contributed by atoms with Crippen molar-refractivity contribution in [1.82, 2.24) is 9.88 Å². The van der Waals surface area contributed by atoms with Gasteiger partial charge in [-0.25, -0.2) is 0 Å². The van der Waals surface area contributed by atoms with E-state index in [4.69, 9.17) is 4.42 Å². The molecule has 0 radical (unpaired) electrons. The van der Waals surface area contributed by atoms with E-state index >= 15 is 0 Å². The van der Waals surface area contributed by atoms with Gasteiger partial charge in [0.2, 0.25) is 5.91 Å². The van der Waals surface area contributed by atoms with E-state index in [-0.39, 0.29) is 5.92 Å². The number of carbonyl (C=O) groups is 1. The Labute approximate surface area is 155 Å². The van der Waals surface area contributed by atoms with Gasteiger partial charge >= 0.3 is 0 Å². The Hall–Kier alpha value is -2.04. The maximum absolute atomic E-state index is 13.0. The summed E-state index contributed by atoms with van der Waals surface area (Å²) in [6, 6.07) is 8.96. The minimum atomic E-state index is 0.134. The predicted octanol–water partition coefficient (Wildman–Crippen LogP) is 4.08. The zero-order valence-electron chi connectivity index (χ0n) is 15.9. The van der Waals surface area contributed by atoms with E-state index in [0.29, 0.717) is 23.9 Å². The van der Waals surface area contributed by atoms with Gasteiger partial charge in [-0.15, -0.1) is 0 Å². The third-order valence-electron chi connectivity index (χ3n) is 6.31. The molecule has 1 aromatic carbocycles. The molecule has 1 saturated heterocycles. The number of hydrogen-bond donors (Lipinski definition) is 0. The number of rotatable bonds is 3. The van der Waals surface area contributed by atoms with Crippen LogP contribution < -0.4 is 4.90 Å². The van der Waals surface area contributed by atoms with Gasteiger partial charge in [0.1, 0.15) is 5.52 Å². The Bertz CT molecular complexity index is 730. The first-order valence-corrected chi connectivity index (χ1v) is 10.0. The summed E-state index contributed by atoms with van der Waals surface area (Å²) < 4.78 is 5.88. The summed E-state index contributed by atoms with van der Waals surface area (Å²) in [5, 5.41) is 0. The summed E-state index contributed by atoms with van der Waals surface area (Å²) >= 11 is 0. The van der Waals surface area contributed by atoms with Crippen LogP contribution in [0, 0.1) is 11.8 Å². The van der Waals surface area contributed by atoms with Crippen LogP contribution in [-0.4, -0.2) is 42.0 Å². The van der Waals surface area contributed by atoms with Crippen molar-refractivity contribution in [3.05, 3.63) is 24.3 Å². The van der Waals surface area contributed by atoms with Crippen LogP contribution in [0.3, 0.4) is 0 Å². The number of carbonyl (C=O) groups excluding carboxylic acids is 1. The molecule has 2 atom stereocenters. The number of hydrogen-bond acceptors (Lipinski definition) is 4. The zero-order valence-corrected chi connectivity index (χ0v) is 15.9. The van der Waals surface area contributed by atoms with Gasteiger partial charge < -0.3 is 14.2 Å². The minimum absolute atomic E-state index is 0.134. The van der Waals surface area contributed by atoms with Gasteiger partial charge in [0.05, 0.1) is 0 Å². The van der Waals surface area contributed by atoms with E-state index in [1.54, 1.807) is 0 Å². The van der Waals surface area contributed by atoms with Crippen molar-refractivity contribution < 1.29 is 9.21 Å². The highest BCUT2D eigenvalue weighted by atomic mass is 16.4. The summed E-state index contributed by atoms with van der Waals surface area (Å²) in [6.07, 6.45) is 6.72. The first-order valence-electron chi connectivity index (χ1n) is 10.0. The number of oxazole rings is 1. The molecular weight excluding hydrogens is 326 g/mol. The zero-order chi connectivity index (χ0) is 18.1. The van der Waals surface area contributed by atoms with Gasteiger partial charge in [-0.05, 0) is 43.7 Å². The predicted molar refractivity (Wildman–Crippen MR) is 103 cm³/mol. The second kappa shape index (κ2) is 7.29. The van der Waals surface area contributed by atoms with Crippen molar-refractivity contribution in [3.63, 3.8) is 0 Å². The van der Waals surface area contributed by atoms with Gasteiger partial charge in [-0.2, -0.15) is 4.98 Å². The lowest BCUT2D eigenvalue weighted by molar-refractivity contribution is -0.138. The molecule has 26 heavy (non-hydrogen) atoms. The Morgan fingerprint density at radius 1 is 1.15 bits per heavy atom. The van der Waals surface area contributed by atoms with Gasteiger partial charge in [-0.3, -0.25) is 4.79 Å². The number of benzene rings is 1. The number of aromatic nitrogens is 1. The van der Waals surface area contributed by atoms with Gasteiger partial charge in [0.25, 0.3) is 6.01 Å². The molecule has 5 heteroatoms. The molecule has 0 unspecified atom stereocenters. The van der Waals surface area contributed by atoms with Crippen LogP contribution in [-0.2, 0) is 4.79 Å². The number of para-hydroxylation sites is 2. The standard InChI is InChI=1S/C21H29N3O2/c1-15-7-3-5-9-18(15)23(2)20(25)16-11-13-24(14-12-16)21-22-17-8-4-6-10-19(17)26-21/h4,6,8,10,15-16,18H,3,5,7,9,11-14H2,1-2H3/t15-,18+/m0/s1. The molecule has 1 amide bonds. The number of nitrogens with zero attached hydrogens (tertiary/aromatic N) is 3. The lowest BCUT2D eigenvalue weighted by Gasteiger charge is -2.39. The lowest BCUT2D eigenvalue weighted by atomic mass is 9.84. The van der Waals surface area contributed by atoms with E-state index in [1.807, 2.05) is 31.3 Å². The molecule has 0 bridgehead atoms. The molecule has 1 aromatic heterocycles. The van der Waals surface area contributed by atoms with Gasteiger partial charge in [0, 0.05) is 32.1 Å². The molecule has 5 nitrogen and oxygen atoms in total. The number of piperidine rings is 1. The highest BCUT2D eigenvalue weighted by Crippen LogP contribution is 2.31. The summed E-state index contributed by atoms with van der Waals surface area (Å²) in [4.78, 5) is 21.8. The molecule has 1 aliphatic heterocycles. The van der Waals surface area contributed by atoms with Crippen LogP contribution in [0.15, 0.2) is 28.7 Å². The Kier molecular flexibility index (Phi) is 4.88. The fraction of sp³-hybridized carbons (Fsp3) is 0.619. The molecule has 2 fully saturated rings. The second-order valence-corrected chi connectivity index (χ2v) is 8.00. The summed E-state index contributed by atoms with van der Waals surface area (Å²) in [5.41, 5.74) is 1.72. The van der Waals surface area contributed by atoms with Crippen LogP contribution in [0.2, 0.25) is 0 Å². The van der Waals surface area contributed by atoms with Crippen LogP contribution >= 0.6 is 0 Å². The molecule has 2 heterocycles. The third-order valence-corrected chi connectivity index (χ3v) is 6.31. The van der Waals surface area contributed by atoms with Crippen molar-refractivity contribution in [2.75, 3.05) is 25.0 Å². The highest BCUT2D eigenvalue weighted by Gasteiger charge is 2.33. The summed E-state index contributed by atoms with van der Waals surface area (Å²) in [5.74, 6) is 1.09. The maximum Gasteiger partial charge on any atom is 0.298 e. The smallest absolute Gasteiger partial charge is 0.298 e. The van der Waals surface area contributed by atoms with Crippen LogP contribution in [0.5, 0.6) is 0 Å². The lowest BCUT2D eigenvalue weighted by Crippen LogP contribution is -2.47. The first kappa shape index (κ1) is 17.4. The monoisotopic (exact) mass is 355 g/mol. The van der Waals surface area contributed by atoms with Crippen molar-refractivity contribution in [1.29, 1.82) is 0 Å². The molecule has 1 aliphatic carbocycles. The second-order valence-electron chi connectivity index (χ2n) is 8.00. The van der Waals surface area contributed by atoms with E-state index in [9.17, 15) is 4.79 Å². The van der Waals surface area contributed by atoms with E-state index < -0.39 is 0 Å². The summed E-state index contributed by atoms with van der Waals surface area (Å²) in [7, 11) is 2.02. The van der Waals surface area contributed by atoms with E-state index in [1.165, 1.54) is 19.3 Å². The highest BCUT2D eigenvalue weighted by molar-refractivity contribution is 5.79. The molecule has 1 saturated carbocycles. The van der Waals surface area contributed by atoms with Crippen molar-refractivity contribution in [2.45, 2.75) is 51.5 Å². The largest absolute Gasteiger partial charge is 0.423 e. The minimum Gasteiger partial charge on any atom is -0.423 e. The maximum atomic E-state index is 13.0. The molecule has 2 aromatic rings. The topological polar surface area (TPSA) is 49.6 Å². The fourth-order valence-electron chi connectivity index (χ4n) is 4.64. The Morgan fingerprint density at radius 2 is 1.88 bits per heavy atom. The molecule has 2 aliphatic rings. The van der Waals surface area contributed by atoms with Crippen LogP contribution in [0.4, 0.5) is 6.01 Å². The fourth-order valence-corrected chi connectivity index (χ4v) is 4.64. The normalized spacial score (nSPS) is 24.8. The van der Waals surface area contributed by atoms with Crippen molar-refractivity contribution in [2.24, 2.45) is 11.8 Å². The van der Waals surface area contributed by atoms with Crippen LogP contribution in [0.25, 0.3) is 11.1 Å². The number of amides is 1.